The van der Waals surface area contributed by atoms with Crippen molar-refractivity contribution in [3.8, 4) is 11.3 Å². The molecule has 0 amide bonds. The molecular weight excluding hydrogens is 296 g/mol. The van der Waals surface area contributed by atoms with Crippen LogP contribution < -0.4 is 0 Å². The summed E-state index contributed by atoms with van der Waals surface area (Å²) in [5, 5.41) is 19.9. The third-order valence-corrected chi connectivity index (χ3v) is 3.63. The molecule has 108 valence electrons. The molecule has 2 heterocycles. The monoisotopic (exact) mass is 306 g/mol. The first-order chi connectivity index (χ1) is 9.91. The van der Waals surface area contributed by atoms with Crippen molar-refractivity contribution in [3.05, 3.63) is 58.7 Å². The normalized spacial score (nSPS) is 21.7. The highest BCUT2D eigenvalue weighted by molar-refractivity contribution is 6.30. The molecule has 0 aliphatic carbocycles. The minimum absolute atomic E-state index is 0.467. The number of halogens is 1. The molecule has 0 saturated heterocycles. The summed E-state index contributed by atoms with van der Waals surface area (Å²) in [5.74, 6) is -1.70. The van der Waals surface area contributed by atoms with Crippen LogP contribution in [-0.4, -0.2) is 16.2 Å². The van der Waals surface area contributed by atoms with Gasteiger partial charge in [-0.3, -0.25) is 0 Å². The van der Waals surface area contributed by atoms with Crippen molar-refractivity contribution < 1.29 is 24.2 Å². The molecule has 6 heteroatoms. The van der Waals surface area contributed by atoms with Gasteiger partial charge in [0.2, 0.25) is 5.76 Å². The van der Waals surface area contributed by atoms with Crippen LogP contribution in [0.4, 0.5) is 0 Å². The highest BCUT2D eigenvalue weighted by atomic mass is 35.5. The second-order valence-electron chi connectivity index (χ2n) is 4.83. The number of carbonyl (C=O) groups excluding carboxylic acids is 1. The lowest BCUT2D eigenvalue weighted by Crippen LogP contribution is -2.25. The number of esters is 1. The third kappa shape index (κ3) is 2.06. The van der Waals surface area contributed by atoms with E-state index in [0.29, 0.717) is 21.9 Å². The van der Waals surface area contributed by atoms with Gasteiger partial charge in [-0.05, 0) is 13.0 Å². The Hall–Kier alpha value is -2.40. The topological polar surface area (TPSA) is 79.9 Å². The van der Waals surface area contributed by atoms with Gasteiger partial charge in [-0.15, -0.1) is 0 Å². The zero-order valence-electron chi connectivity index (χ0n) is 11.0. The van der Waals surface area contributed by atoms with E-state index in [4.69, 9.17) is 20.8 Å². The molecule has 0 spiro atoms. The SMILES string of the molecule is CC1(c2cccc(-c3cc(Cl)co3)c2)OC(=O)C(O)=C1O. The van der Waals surface area contributed by atoms with E-state index in [9.17, 15) is 15.0 Å². The molecule has 5 nitrogen and oxygen atoms in total. The van der Waals surface area contributed by atoms with Crippen LogP contribution in [0.1, 0.15) is 12.5 Å². The summed E-state index contributed by atoms with van der Waals surface area (Å²) in [7, 11) is 0. The van der Waals surface area contributed by atoms with Gasteiger partial charge in [0.1, 0.15) is 12.0 Å². The van der Waals surface area contributed by atoms with E-state index in [1.165, 1.54) is 13.2 Å². The fraction of sp³-hybridized carbons (Fsp3) is 0.133. The quantitative estimate of drug-likeness (QED) is 0.827. The van der Waals surface area contributed by atoms with Crippen LogP contribution in [-0.2, 0) is 15.1 Å². The van der Waals surface area contributed by atoms with Gasteiger partial charge in [0.25, 0.3) is 0 Å². The maximum atomic E-state index is 11.4. The van der Waals surface area contributed by atoms with Crippen molar-refractivity contribution in [2.45, 2.75) is 12.5 Å². The van der Waals surface area contributed by atoms with Gasteiger partial charge in [0.05, 0.1) is 5.02 Å². The number of benzene rings is 1. The molecule has 0 saturated carbocycles. The Morgan fingerprint density at radius 2 is 2.00 bits per heavy atom. The zero-order valence-corrected chi connectivity index (χ0v) is 11.7. The number of rotatable bonds is 2. The maximum absolute atomic E-state index is 11.4. The molecule has 1 aliphatic heterocycles. The molecule has 1 aromatic carbocycles. The Bertz CT molecular complexity index is 761. The second kappa shape index (κ2) is 4.56. The van der Waals surface area contributed by atoms with Crippen molar-refractivity contribution in [2.24, 2.45) is 0 Å². The van der Waals surface area contributed by atoms with Gasteiger partial charge in [-0.25, -0.2) is 4.79 Å². The molecule has 21 heavy (non-hydrogen) atoms. The van der Waals surface area contributed by atoms with Crippen molar-refractivity contribution in [3.63, 3.8) is 0 Å². The summed E-state index contributed by atoms with van der Waals surface area (Å²) >= 11 is 5.82. The Morgan fingerprint density at radius 1 is 1.24 bits per heavy atom. The van der Waals surface area contributed by atoms with Crippen LogP contribution in [0.3, 0.4) is 0 Å². The van der Waals surface area contributed by atoms with E-state index in [1.807, 2.05) is 0 Å². The van der Waals surface area contributed by atoms with Crippen molar-refractivity contribution in [2.75, 3.05) is 0 Å². The van der Waals surface area contributed by atoms with Gasteiger partial charge in [0, 0.05) is 17.2 Å². The van der Waals surface area contributed by atoms with E-state index >= 15 is 0 Å². The van der Waals surface area contributed by atoms with Crippen LogP contribution in [0.15, 0.2) is 52.5 Å². The van der Waals surface area contributed by atoms with Gasteiger partial charge in [-0.2, -0.15) is 0 Å². The van der Waals surface area contributed by atoms with Crippen molar-refractivity contribution >= 4 is 17.6 Å². The average Bonchev–Trinajstić information content (AvgIpc) is 2.99. The van der Waals surface area contributed by atoms with E-state index in [0.717, 1.165) is 0 Å². The molecule has 2 N–H and O–H groups in total. The Morgan fingerprint density at radius 3 is 2.57 bits per heavy atom. The third-order valence-electron chi connectivity index (χ3n) is 3.43. The molecule has 2 aromatic rings. The molecule has 1 aromatic heterocycles. The predicted molar refractivity (Wildman–Crippen MR) is 74.9 cm³/mol. The minimum atomic E-state index is -1.42. The first kappa shape index (κ1) is 13.6. The maximum Gasteiger partial charge on any atom is 0.378 e. The van der Waals surface area contributed by atoms with Gasteiger partial charge >= 0.3 is 5.97 Å². The smallest absolute Gasteiger partial charge is 0.378 e. The first-order valence-electron chi connectivity index (χ1n) is 6.13. The molecule has 0 radical (unpaired) electrons. The van der Waals surface area contributed by atoms with Gasteiger partial charge in [-0.1, -0.05) is 29.8 Å². The number of cyclic esters (lactones) is 1. The molecule has 3 rings (SSSR count). The number of aliphatic hydroxyl groups is 2. The lowest BCUT2D eigenvalue weighted by Gasteiger charge is -2.23. The summed E-state index contributed by atoms with van der Waals surface area (Å²) in [6, 6.07) is 8.53. The second-order valence-corrected chi connectivity index (χ2v) is 5.27. The lowest BCUT2D eigenvalue weighted by molar-refractivity contribution is -0.149. The van der Waals surface area contributed by atoms with Crippen molar-refractivity contribution in [1.82, 2.24) is 0 Å². The van der Waals surface area contributed by atoms with Crippen LogP contribution in [0.25, 0.3) is 11.3 Å². The molecule has 1 unspecified atom stereocenters. The molecule has 1 aliphatic rings. The summed E-state index contributed by atoms with van der Waals surface area (Å²) in [6.07, 6.45) is 1.41. The highest BCUT2D eigenvalue weighted by Gasteiger charge is 2.46. The van der Waals surface area contributed by atoms with Gasteiger partial charge in [0.15, 0.2) is 11.4 Å². The molecule has 1 atom stereocenters. The average molecular weight is 307 g/mol. The Kier molecular flexibility index (Phi) is 2.95. The standard InChI is InChI=1S/C15H11ClO5/c1-15(13(18)12(17)14(19)21-15)9-4-2-3-8(5-9)11-6-10(16)7-20-11/h2-7,17-18H,1H3. The minimum Gasteiger partial charge on any atom is -0.505 e. The number of hydrogen-bond donors (Lipinski definition) is 2. The fourth-order valence-corrected chi connectivity index (χ4v) is 2.38. The predicted octanol–water partition coefficient (Wildman–Crippen LogP) is 3.70. The fourth-order valence-electron chi connectivity index (χ4n) is 2.23. The zero-order chi connectivity index (χ0) is 15.2. The summed E-state index contributed by atoms with van der Waals surface area (Å²) < 4.78 is 10.4. The van der Waals surface area contributed by atoms with Gasteiger partial charge < -0.3 is 19.4 Å². The molecular formula is C15H11ClO5. The molecule has 0 bridgehead atoms. The number of aliphatic hydroxyl groups excluding tert-OH is 2. The highest BCUT2D eigenvalue weighted by Crippen LogP contribution is 2.40. The summed E-state index contributed by atoms with van der Waals surface area (Å²) in [4.78, 5) is 11.4. The Balaban J connectivity index is 2.07. The van der Waals surface area contributed by atoms with Crippen LogP contribution in [0, 0.1) is 0 Å². The largest absolute Gasteiger partial charge is 0.505 e. The summed E-state index contributed by atoms with van der Waals surface area (Å²) in [5.41, 5.74) is -0.216. The van der Waals surface area contributed by atoms with Crippen LogP contribution in [0.5, 0.6) is 0 Å². The van der Waals surface area contributed by atoms with Crippen molar-refractivity contribution in [1.29, 1.82) is 0 Å². The Labute approximate surface area is 125 Å². The first-order valence-corrected chi connectivity index (χ1v) is 6.50. The van der Waals surface area contributed by atoms with E-state index < -0.39 is 23.1 Å². The summed E-state index contributed by atoms with van der Waals surface area (Å²) in [6.45, 7) is 1.50. The molecule has 0 fully saturated rings. The lowest BCUT2D eigenvalue weighted by atomic mass is 9.92. The number of ether oxygens (including phenoxy) is 1. The van der Waals surface area contributed by atoms with Crippen LogP contribution in [0.2, 0.25) is 5.02 Å². The number of hydrogen-bond acceptors (Lipinski definition) is 5. The number of furan rings is 1. The van der Waals surface area contributed by atoms with Crippen LogP contribution >= 0.6 is 11.6 Å². The van der Waals surface area contributed by atoms with E-state index in [-0.39, 0.29) is 0 Å². The number of carbonyl (C=O) groups is 1. The van der Waals surface area contributed by atoms with E-state index in [2.05, 4.69) is 0 Å². The van der Waals surface area contributed by atoms with E-state index in [1.54, 1.807) is 30.3 Å².